The summed E-state index contributed by atoms with van der Waals surface area (Å²) in [5.74, 6) is 1.55. The van der Waals surface area contributed by atoms with Gasteiger partial charge in [0.25, 0.3) is 5.91 Å². The molecule has 174 valence electrons. The largest absolute Gasteiger partial charge is 0.465 e. The van der Waals surface area contributed by atoms with E-state index in [9.17, 15) is 9.59 Å². The standard InChI is InChI=1S/C26H26N4O3S/c1-18-3-6-20(7-4-18)15-28-24(31)17-34-26-27-13-14-30(26)22-10-8-21(9-11-22)25(32)29-16-23-12-5-19(2)33-23/h3-14H,15-17H2,1-2H3,(H,28,31)(H,29,32). The average molecular weight is 475 g/mol. The fourth-order valence-electron chi connectivity index (χ4n) is 3.30. The maximum absolute atomic E-state index is 12.4. The zero-order chi connectivity index (χ0) is 23.9. The maximum atomic E-state index is 12.4. The van der Waals surface area contributed by atoms with Crippen LogP contribution in [0.25, 0.3) is 5.69 Å². The molecular weight excluding hydrogens is 448 g/mol. The molecule has 2 amide bonds. The third-order valence-corrected chi connectivity index (χ3v) is 6.14. The van der Waals surface area contributed by atoms with E-state index in [1.165, 1.54) is 17.3 Å². The molecule has 2 aromatic heterocycles. The summed E-state index contributed by atoms with van der Waals surface area (Å²) < 4.78 is 7.37. The van der Waals surface area contributed by atoms with Crippen molar-refractivity contribution in [2.45, 2.75) is 32.1 Å². The van der Waals surface area contributed by atoms with Crippen LogP contribution in [-0.4, -0.2) is 27.1 Å². The summed E-state index contributed by atoms with van der Waals surface area (Å²) >= 11 is 1.36. The average Bonchev–Trinajstić information content (AvgIpc) is 3.49. The van der Waals surface area contributed by atoms with Crippen LogP contribution >= 0.6 is 11.8 Å². The van der Waals surface area contributed by atoms with Gasteiger partial charge in [0.2, 0.25) is 5.91 Å². The molecule has 0 saturated heterocycles. The SMILES string of the molecule is Cc1ccc(CNC(=O)CSc2nccn2-c2ccc(C(=O)NCc3ccc(C)o3)cc2)cc1. The van der Waals surface area contributed by atoms with Gasteiger partial charge in [-0.25, -0.2) is 4.98 Å². The van der Waals surface area contributed by atoms with Crippen LogP contribution in [0.15, 0.2) is 82.6 Å². The van der Waals surface area contributed by atoms with Crippen LogP contribution in [0.4, 0.5) is 0 Å². The number of nitrogens with one attached hydrogen (secondary N) is 2. The summed E-state index contributed by atoms with van der Waals surface area (Å²) in [5.41, 5.74) is 3.67. The highest BCUT2D eigenvalue weighted by molar-refractivity contribution is 7.99. The molecule has 0 radical (unpaired) electrons. The molecule has 4 aromatic rings. The number of furan rings is 1. The Bertz CT molecular complexity index is 1260. The third-order valence-electron chi connectivity index (χ3n) is 5.18. The van der Waals surface area contributed by atoms with Gasteiger partial charge < -0.3 is 15.1 Å². The lowest BCUT2D eigenvalue weighted by Crippen LogP contribution is -2.24. The minimum absolute atomic E-state index is 0.0566. The molecule has 0 bridgehead atoms. The highest BCUT2D eigenvalue weighted by Gasteiger charge is 2.11. The van der Waals surface area contributed by atoms with E-state index in [1.807, 2.05) is 73.1 Å². The van der Waals surface area contributed by atoms with Crippen LogP contribution in [0.2, 0.25) is 0 Å². The molecule has 0 aliphatic carbocycles. The number of aryl methyl sites for hydroxylation is 2. The topological polar surface area (TPSA) is 89.2 Å². The van der Waals surface area contributed by atoms with E-state index in [1.54, 1.807) is 18.3 Å². The fraction of sp³-hybridized carbons (Fsp3) is 0.192. The number of nitrogens with zero attached hydrogens (tertiary/aromatic N) is 2. The van der Waals surface area contributed by atoms with E-state index in [2.05, 4.69) is 15.6 Å². The van der Waals surface area contributed by atoms with Crippen molar-refractivity contribution < 1.29 is 14.0 Å². The second-order valence-electron chi connectivity index (χ2n) is 7.87. The number of aromatic nitrogens is 2. The van der Waals surface area contributed by atoms with Crippen LogP contribution in [0.1, 0.15) is 33.0 Å². The molecule has 0 fully saturated rings. The number of hydrogen-bond donors (Lipinski definition) is 2. The third kappa shape index (κ3) is 6.17. The van der Waals surface area contributed by atoms with Gasteiger partial charge in [-0.15, -0.1) is 0 Å². The van der Waals surface area contributed by atoms with Crippen LogP contribution in [0.5, 0.6) is 0 Å². The van der Waals surface area contributed by atoms with Gasteiger partial charge in [0, 0.05) is 30.2 Å². The Labute approximate surface area is 202 Å². The first-order valence-corrected chi connectivity index (χ1v) is 11.9. The second kappa shape index (κ2) is 10.9. The summed E-state index contributed by atoms with van der Waals surface area (Å²) in [7, 11) is 0. The molecule has 0 saturated carbocycles. The van der Waals surface area contributed by atoms with Gasteiger partial charge in [-0.3, -0.25) is 14.2 Å². The summed E-state index contributed by atoms with van der Waals surface area (Å²) in [6, 6.07) is 19.0. The lowest BCUT2D eigenvalue weighted by molar-refractivity contribution is -0.118. The molecule has 8 heteroatoms. The Hall–Kier alpha value is -3.78. The second-order valence-corrected chi connectivity index (χ2v) is 8.82. The quantitative estimate of drug-likeness (QED) is 0.351. The highest BCUT2D eigenvalue weighted by Crippen LogP contribution is 2.21. The first-order valence-electron chi connectivity index (χ1n) is 10.9. The Balaban J connectivity index is 1.30. The van der Waals surface area contributed by atoms with Gasteiger partial charge in [0.15, 0.2) is 5.16 Å². The molecule has 0 atom stereocenters. The predicted octanol–water partition coefficient (Wildman–Crippen LogP) is 4.42. The maximum Gasteiger partial charge on any atom is 0.251 e. The monoisotopic (exact) mass is 474 g/mol. The molecule has 0 aliphatic heterocycles. The zero-order valence-corrected chi connectivity index (χ0v) is 19.9. The van der Waals surface area contributed by atoms with Gasteiger partial charge in [-0.1, -0.05) is 41.6 Å². The van der Waals surface area contributed by atoms with Crippen molar-refractivity contribution in [3.63, 3.8) is 0 Å². The van der Waals surface area contributed by atoms with Gasteiger partial charge in [-0.2, -0.15) is 0 Å². The van der Waals surface area contributed by atoms with E-state index < -0.39 is 0 Å². The number of carbonyl (C=O) groups excluding carboxylic acids is 2. The summed E-state index contributed by atoms with van der Waals surface area (Å²) in [6.45, 7) is 4.73. The first kappa shape index (κ1) is 23.4. The lowest BCUT2D eigenvalue weighted by Gasteiger charge is -2.09. The van der Waals surface area contributed by atoms with Gasteiger partial charge in [0.1, 0.15) is 11.5 Å². The molecule has 0 unspecified atom stereocenters. The number of hydrogen-bond acceptors (Lipinski definition) is 5. The van der Waals surface area contributed by atoms with Crippen molar-refractivity contribution in [2.75, 3.05) is 5.75 Å². The van der Waals surface area contributed by atoms with Crippen molar-refractivity contribution in [3.05, 3.63) is 101 Å². The summed E-state index contributed by atoms with van der Waals surface area (Å²) in [4.78, 5) is 29.1. The van der Waals surface area contributed by atoms with Crippen LogP contribution in [0.3, 0.4) is 0 Å². The van der Waals surface area contributed by atoms with Crippen molar-refractivity contribution in [1.82, 2.24) is 20.2 Å². The predicted molar refractivity (Wildman–Crippen MR) is 132 cm³/mol. The van der Waals surface area contributed by atoms with Crippen molar-refractivity contribution >= 4 is 23.6 Å². The van der Waals surface area contributed by atoms with E-state index in [-0.39, 0.29) is 17.6 Å². The number of carbonyl (C=O) groups is 2. The molecular formula is C26H26N4O3S. The van der Waals surface area contributed by atoms with Crippen LogP contribution in [-0.2, 0) is 17.9 Å². The zero-order valence-electron chi connectivity index (χ0n) is 19.1. The van der Waals surface area contributed by atoms with Crippen LogP contribution < -0.4 is 10.6 Å². The molecule has 2 heterocycles. The molecule has 2 N–H and O–H groups in total. The Kier molecular flexibility index (Phi) is 7.49. The fourth-order valence-corrected chi connectivity index (χ4v) is 4.11. The Morgan fingerprint density at radius 1 is 0.941 bits per heavy atom. The van der Waals surface area contributed by atoms with Gasteiger partial charge in [-0.05, 0) is 55.8 Å². The minimum Gasteiger partial charge on any atom is -0.465 e. The van der Waals surface area contributed by atoms with E-state index >= 15 is 0 Å². The Morgan fingerprint density at radius 2 is 1.71 bits per heavy atom. The Morgan fingerprint density at radius 3 is 2.41 bits per heavy atom. The van der Waals surface area contributed by atoms with Crippen molar-refractivity contribution in [2.24, 2.45) is 0 Å². The first-order chi connectivity index (χ1) is 16.5. The highest BCUT2D eigenvalue weighted by atomic mass is 32.2. The molecule has 2 aromatic carbocycles. The van der Waals surface area contributed by atoms with E-state index in [0.717, 1.165) is 17.0 Å². The van der Waals surface area contributed by atoms with E-state index in [0.29, 0.717) is 29.6 Å². The number of imidazole rings is 1. The lowest BCUT2D eigenvalue weighted by atomic mass is 10.1. The minimum atomic E-state index is -0.175. The summed E-state index contributed by atoms with van der Waals surface area (Å²) in [6.07, 6.45) is 3.53. The molecule has 0 spiro atoms. The van der Waals surface area contributed by atoms with Crippen molar-refractivity contribution in [3.8, 4) is 5.69 Å². The number of thioether (sulfide) groups is 1. The summed E-state index contributed by atoms with van der Waals surface area (Å²) in [5, 5.41) is 6.49. The smallest absolute Gasteiger partial charge is 0.251 e. The van der Waals surface area contributed by atoms with Gasteiger partial charge in [0.05, 0.1) is 12.3 Å². The van der Waals surface area contributed by atoms with E-state index in [4.69, 9.17) is 4.42 Å². The number of amides is 2. The molecule has 0 aliphatic rings. The van der Waals surface area contributed by atoms with Crippen molar-refractivity contribution in [1.29, 1.82) is 0 Å². The molecule has 34 heavy (non-hydrogen) atoms. The van der Waals surface area contributed by atoms with Crippen LogP contribution in [0, 0.1) is 13.8 Å². The van der Waals surface area contributed by atoms with Gasteiger partial charge >= 0.3 is 0 Å². The normalized spacial score (nSPS) is 10.8. The molecule has 7 nitrogen and oxygen atoms in total. The number of rotatable bonds is 9. The molecule has 4 rings (SSSR count). The number of benzene rings is 2.